The van der Waals surface area contributed by atoms with Crippen LogP contribution in [0.15, 0.2) is 18.2 Å². The lowest BCUT2D eigenvalue weighted by Crippen LogP contribution is -2.21. The van der Waals surface area contributed by atoms with E-state index < -0.39 is 42.5 Å². The Labute approximate surface area is 161 Å². The van der Waals surface area contributed by atoms with Gasteiger partial charge in [-0.05, 0) is 31.0 Å². The Morgan fingerprint density at radius 3 is 2.50 bits per heavy atom. The number of aryl methyl sites for hydroxylation is 1. The molecular formula is C17H16ClF5N2O3. The van der Waals surface area contributed by atoms with Crippen LogP contribution in [0, 0.1) is 5.92 Å². The third-order valence-corrected chi connectivity index (χ3v) is 4.37. The number of nitrogens with zero attached hydrogens (tertiary/aromatic N) is 2. The van der Waals surface area contributed by atoms with Gasteiger partial charge in [-0.25, -0.2) is 4.79 Å². The zero-order chi connectivity index (χ0) is 21.2. The molecule has 0 fully saturated rings. The third-order valence-electron chi connectivity index (χ3n) is 4.01. The molecule has 1 N–H and O–H groups in total. The molecule has 1 aromatic carbocycles. The van der Waals surface area contributed by atoms with Crippen LogP contribution in [0.5, 0.6) is 5.75 Å². The lowest BCUT2D eigenvalue weighted by molar-refractivity contribution is -0.169. The van der Waals surface area contributed by atoms with Gasteiger partial charge in [0.15, 0.2) is 5.69 Å². The number of hydrogen-bond donors (Lipinski definition) is 1. The number of carboxylic acid groups (broad SMARTS) is 1. The van der Waals surface area contributed by atoms with Crippen molar-refractivity contribution >= 4 is 17.6 Å². The van der Waals surface area contributed by atoms with Gasteiger partial charge in [0.2, 0.25) is 0 Å². The normalized spacial score (nSPS) is 13.0. The number of carbonyl (C=O) groups is 1. The van der Waals surface area contributed by atoms with Crippen molar-refractivity contribution in [2.75, 3.05) is 0 Å². The summed E-state index contributed by atoms with van der Waals surface area (Å²) in [7, 11) is 0. The summed E-state index contributed by atoms with van der Waals surface area (Å²) in [5.74, 6) is -3.53. The predicted molar refractivity (Wildman–Crippen MR) is 90.9 cm³/mol. The molecule has 0 aliphatic carbocycles. The van der Waals surface area contributed by atoms with E-state index in [2.05, 4.69) is 9.84 Å². The highest BCUT2D eigenvalue weighted by atomic mass is 35.5. The maximum atomic E-state index is 12.9. The lowest BCUT2D eigenvalue weighted by Gasteiger charge is -2.18. The molecule has 2 aromatic rings. The average Bonchev–Trinajstić information content (AvgIpc) is 2.90. The van der Waals surface area contributed by atoms with Crippen LogP contribution in [0.4, 0.5) is 22.0 Å². The van der Waals surface area contributed by atoms with Crippen molar-refractivity contribution in [1.29, 1.82) is 0 Å². The van der Waals surface area contributed by atoms with Crippen LogP contribution in [-0.2, 0) is 13.0 Å². The molecule has 0 saturated carbocycles. The number of aromatic nitrogens is 2. The number of ether oxygens (including phenoxy) is 1. The molecule has 28 heavy (non-hydrogen) atoms. The fraction of sp³-hybridized carbons (Fsp3) is 0.412. The molecule has 1 atom stereocenters. The van der Waals surface area contributed by atoms with E-state index in [9.17, 15) is 26.7 Å². The maximum absolute atomic E-state index is 12.9. The first kappa shape index (κ1) is 21.9. The maximum Gasteiger partial charge on any atom is 0.391 e. The zero-order valence-electron chi connectivity index (χ0n) is 14.7. The van der Waals surface area contributed by atoms with E-state index in [4.69, 9.17) is 16.7 Å². The van der Waals surface area contributed by atoms with Gasteiger partial charge in [0.25, 0.3) is 0 Å². The monoisotopic (exact) mass is 426 g/mol. The molecule has 0 saturated heterocycles. The number of halogens is 6. The van der Waals surface area contributed by atoms with Crippen LogP contribution < -0.4 is 4.74 Å². The van der Waals surface area contributed by atoms with Crippen LogP contribution >= 0.6 is 11.6 Å². The first-order valence-electron chi connectivity index (χ1n) is 8.10. The zero-order valence-corrected chi connectivity index (χ0v) is 15.5. The number of hydrogen-bond acceptors (Lipinski definition) is 3. The summed E-state index contributed by atoms with van der Waals surface area (Å²) in [5.41, 5.74) is -0.333. The SMILES string of the molecule is CCn1nc(C(=O)O)c(Cl)c1-c1ccc(C[C@H](C)C(F)(F)F)cc1OC(F)F. The van der Waals surface area contributed by atoms with Gasteiger partial charge in [-0.1, -0.05) is 24.6 Å². The molecule has 0 aliphatic rings. The van der Waals surface area contributed by atoms with Crippen molar-refractivity contribution in [3.8, 4) is 17.0 Å². The Morgan fingerprint density at radius 1 is 1.36 bits per heavy atom. The Morgan fingerprint density at radius 2 is 2.00 bits per heavy atom. The van der Waals surface area contributed by atoms with Gasteiger partial charge in [-0.2, -0.15) is 27.1 Å². The van der Waals surface area contributed by atoms with Gasteiger partial charge >= 0.3 is 18.8 Å². The summed E-state index contributed by atoms with van der Waals surface area (Å²) < 4.78 is 69.7. The van der Waals surface area contributed by atoms with Gasteiger partial charge in [0.1, 0.15) is 10.8 Å². The van der Waals surface area contributed by atoms with E-state index in [0.29, 0.717) is 0 Å². The molecule has 0 unspecified atom stereocenters. The summed E-state index contributed by atoms with van der Waals surface area (Å²) in [6.45, 7) is -0.469. The number of benzene rings is 1. The highest BCUT2D eigenvalue weighted by molar-refractivity contribution is 6.35. The molecule has 11 heteroatoms. The highest BCUT2D eigenvalue weighted by Crippen LogP contribution is 2.39. The van der Waals surface area contributed by atoms with Crippen molar-refractivity contribution < 1.29 is 36.6 Å². The second-order valence-electron chi connectivity index (χ2n) is 5.99. The number of rotatable bonds is 7. The smallest absolute Gasteiger partial charge is 0.391 e. The number of carboxylic acids is 1. The second-order valence-corrected chi connectivity index (χ2v) is 6.37. The van der Waals surface area contributed by atoms with Crippen LogP contribution in [0.1, 0.15) is 29.9 Å². The van der Waals surface area contributed by atoms with Gasteiger partial charge in [0.05, 0.1) is 11.6 Å². The molecule has 0 spiro atoms. The van der Waals surface area contributed by atoms with E-state index in [1.165, 1.54) is 16.8 Å². The number of alkyl halides is 5. The summed E-state index contributed by atoms with van der Waals surface area (Å²) in [4.78, 5) is 11.2. The summed E-state index contributed by atoms with van der Waals surface area (Å²) in [6.07, 6.45) is -4.88. The quantitative estimate of drug-likeness (QED) is 0.613. The minimum atomic E-state index is -4.44. The van der Waals surface area contributed by atoms with Crippen molar-refractivity contribution in [2.24, 2.45) is 5.92 Å². The Kier molecular flexibility index (Phi) is 6.53. The predicted octanol–water partition coefficient (Wildman–Crippen LogP) is 5.26. The number of aromatic carboxylic acids is 1. The largest absolute Gasteiger partial charge is 0.476 e. The van der Waals surface area contributed by atoms with Crippen molar-refractivity contribution in [1.82, 2.24) is 9.78 Å². The van der Waals surface area contributed by atoms with Crippen molar-refractivity contribution in [3.63, 3.8) is 0 Å². The van der Waals surface area contributed by atoms with Crippen molar-refractivity contribution in [2.45, 2.75) is 39.6 Å². The van der Waals surface area contributed by atoms with Gasteiger partial charge in [-0.3, -0.25) is 4.68 Å². The fourth-order valence-corrected chi connectivity index (χ4v) is 2.93. The summed E-state index contributed by atoms with van der Waals surface area (Å²) in [6, 6.07) is 3.64. The standard InChI is InChI=1S/C17H16ClF5N2O3/c1-3-25-14(12(18)13(24-25)15(26)27)10-5-4-9(6-8(2)17(21,22)23)7-11(10)28-16(19)20/h4-5,7-8,16H,3,6H2,1-2H3,(H,26,27)/t8-/m0/s1. The minimum Gasteiger partial charge on any atom is -0.476 e. The molecule has 1 aromatic heterocycles. The molecule has 5 nitrogen and oxygen atoms in total. The molecule has 0 amide bonds. The second kappa shape index (κ2) is 8.34. The third kappa shape index (κ3) is 4.73. The molecule has 0 bridgehead atoms. The van der Waals surface area contributed by atoms with E-state index in [0.717, 1.165) is 13.0 Å². The summed E-state index contributed by atoms with van der Waals surface area (Å²) >= 11 is 6.07. The highest BCUT2D eigenvalue weighted by Gasteiger charge is 2.36. The van der Waals surface area contributed by atoms with Gasteiger partial charge < -0.3 is 9.84 Å². The Hall–Kier alpha value is -2.36. The molecule has 0 radical (unpaired) electrons. The van der Waals surface area contributed by atoms with Crippen molar-refractivity contribution in [3.05, 3.63) is 34.5 Å². The van der Waals surface area contributed by atoms with Gasteiger partial charge in [0, 0.05) is 12.1 Å². The molecular weight excluding hydrogens is 411 g/mol. The summed E-state index contributed by atoms with van der Waals surface area (Å²) in [5, 5.41) is 12.7. The van der Waals surface area contributed by atoms with Crippen LogP contribution in [0.2, 0.25) is 5.02 Å². The fourth-order valence-electron chi connectivity index (χ4n) is 2.61. The Bertz CT molecular complexity index is 867. The molecule has 2 rings (SSSR count). The van der Waals surface area contributed by atoms with Crippen LogP contribution in [0.3, 0.4) is 0 Å². The first-order chi connectivity index (χ1) is 13.0. The molecule has 154 valence electrons. The molecule has 0 aliphatic heterocycles. The van der Waals surface area contributed by atoms with E-state index in [-0.39, 0.29) is 28.4 Å². The van der Waals surface area contributed by atoms with Gasteiger partial charge in [-0.15, -0.1) is 0 Å². The first-order valence-corrected chi connectivity index (χ1v) is 8.47. The lowest BCUT2D eigenvalue weighted by atomic mass is 9.98. The molecule has 1 heterocycles. The topological polar surface area (TPSA) is 64.4 Å². The Balaban J connectivity index is 2.57. The van der Waals surface area contributed by atoms with Crippen LogP contribution in [-0.4, -0.2) is 33.6 Å². The average molecular weight is 427 g/mol. The minimum absolute atomic E-state index is 0.00411. The van der Waals surface area contributed by atoms with E-state index in [1.807, 2.05) is 0 Å². The van der Waals surface area contributed by atoms with E-state index in [1.54, 1.807) is 6.92 Å². The van der Waals surface area contributed by atoms with Crippen LogP contribution in [0.25, 0.3) is 11.3 Å². The van der Waals surface area contributed by atoms with E-state index >= 15 is 0 Å².